The predicted octanol–water partition coefficient (Wildman–Crippen LogP) is 7.17. The van der Waals surface area contributed by atoms with Crippen molar-refractivity contribution >= 4 is 50.8 Å². The summed E-state index contributed by atoms with van der Waals surface area (Å²) in [5.41, 5.74) is 1.03. The Morgan fingerprint density at radius 1 is 1.00 bits per heavy atom. The Bertz CT molecular complexity index is 1580. The molecule has 1 aliphatic heterocycles. The van der Waals surface area contributed by atoms with Crippen LogP contribution in [0.2, 0.25) is 10.0 Å². The van der Waals surface area contributed by atoms with Gasteiger partial charge in [-0.3, -0.25) is 13.9 Å². The first-order valence-corrected chi connectivity index (χ1v) is 16.9. The topological polar surface area (TPSA) is 95.0 Å². The summed E-state index contributed by atoms with van der Waals surface area (Å²) in [6, 6.07) is 22.8. The number of likely N-dealkylation sites (tertiary alicyclic amines) is 1. The molecule has 10 heteroatoms. The Labute approximate surface area is 263 Å². The highest BCUT2D eigenvalue weighted by molar-refractivity contribution is 7.92. The maximum Gasteiger partial charge on any atom is 0.304 e. The first-order valence-electron chi connectivity index (χ1n) is 14.5. The zero-order valence-corrected chi connectivity index (χ0v) is 26.5. The van der Waals surface area contributed by atoms with Gasteiger partial charge in [0.25, 0.3) is 0 Å². The second-order valence-corrected chi connectivity index (χ2v) is 14.9. The Balaban J connectivity index is 1.71. The van der Waals surface area contributed by atoms with E-state index in [9.17, 15) is 23.1 Å². The van der Waals surface area contributed by atoms with Crippen LogP contribution in [-0.4, -0.2) is 48.6 Å². The van der Waals surface area contributed by atoms with Crippen LogP contribution in [0.4, 0.5) is 5.69 Å². The van der Waals surface area contributed by atoms with Crippen molar-refractivity contribution in [1.29, 1.82) is 0 Å². The van der Waals surface area contributed by atoms with Crippen LogP contribution < -0.4 is 4.31 Å². The number of hydrogen-bond donors (Lipinski definition) is 1. The SMILES string of the molecule is CCS(=O)(=O)N(C[C@H](C1CC1)N1C(=O)[C@@](C)(CC(=O)O)CC(c2cccc(Cl)c2)C1c1ccc(Cl)cc1)c1ccccc1. The number of aliphatic carboxylic acids is 1. The van der Waals surface area contributed by atoms with Crippen molar-refractivity contribution in [3.63, 3.8) is 0 Å². The number of hydrogen-bond acceptors (Lipinski definition) is 4. The smallest absolute Gasteiger partial charge is 0.304 e. The molecule has 7 nitrogen and oxygen atoms in total. The maximum atomic E-state index is 14.7. The van der Waals surface area contributed by atoms with E-state index in [4.69, 9.17) is 23.2 Å². The molecule has 228 valence electrons. The van der Waals surface area contributed by atoms with Crippen LogP contribution in [0.25, 0.3) is 0 Å². The van der Waals surface area contributed by atoms with E-state index in [1.54, 1.807) is 56.3 Å². The quantitative estimate of drug-likeness (QED) is 0.239. The molecule has 0 bridgehead atoms. The molecule has 2 unspecified atom stereocenters. The van der Waals surface area contributed by atoms with E-state index in [0.29, 0.717) is 15.7 Å². The third kappa shape index (κ3) is 6.71. The Hall–Kier alpha value is -3.07. The first kappa shape index (κ1) is 31.4. The van der Waals surface area contributed by atoms with Gasteiger partial charge in [0.1, 0.15) is 0 Å². The molecule has 2 aliphatic rings. The molecule has 43 heavy (non-hydrogen) atoms. The molecule has 1 N–H and O–H groups in total. The van der Waals surface area contributed by atoms with Gasteiger partial charge in [-0.05, 0) is 79.6 Å². The fraction of sp³-hybridized carbons (Fsp3) is 0.394. The largest absolute Gasteiger partial charge is 0.481 e. The highest BCUT2D eigenvalue weighted by atomic mass is 35.5. The minimum Gasteiger partial charge on any atom is -0.481 e. The number of carbonyl (C=O) groups excluding carboxylic acids is 1. The van der Waals surface area contributed by atoms with E-state index in [2.05, 4.69) is 0 Å². The molecule has 5 rings (SSSR count). The number of carboxylic acid groups (broad SMARTS) is 1. The number of halogens is 2. The zero-order chi connectivity index (χ0) is 30.9. The van der Waals surface area contributed by atoms with E-state index in [1.807, 2.05) is 41.3 Å². The first-order chi connectivity index (χ1) is 20.4. The number of carboxylic acids is 1. The third-order valence-corrected chi connectivity index (χ3v) is 11.0. The van der Waals surface area contributed by atoms with Gasteiger partial charge >= 0.3 is 5.97 Å². The number of sulfonamides is 1. The number of anilines is 1. The van der Waals surface area contributed by atoms with Crippen molar-refractivity contribution in [3.05, 3.63) is 100 Å². The molecule has 1 aliphatic carbocycles. The van der Waals surface area contributed by atoms with Crippen LogP contribution in [0, 0.1) is 11.3 Å². The summed E-state index contributed by atoms with van der Waals surface area (Å²) >= 11 is 12.7. The van der Waals surface area contributed by atoms with Gasteiger partial charge in [-0.2, -0.15) is 0 Å². The van der Waals surface area contributed by atoms with E-state index in [0.717, 1.165) is 24.0 Å². The molecule has 3 aromatic carbocycles. The average Bonchev–Trinajstić information content (AvgIpc) is 3.81. The van der Waals surface area contributed by atoms with Gasteiger partial charge in [-0.25, -0.2) is 8.42 Å². The standard InChI is InChI=1S/C33H36Cl2N2O5S/c1-3-43(41,42)36(27-10-5-4-6-11-27)21-29(22-12-13-22)37-31(23-14-16-25(34)17-15-23)28(24-8-7-9-26(35)18-24)19-33(2,32(37)40)20-30(38)39/h4-11,14-18,22,28-29,31H,3,12-13,19-21H2,1-2H3,(H,38,39)/t28?,29-,31?,33-/m1/s1. The summed E-state index contributed by atoms with van der Waals surface area (Å²) < 4.78 is 28.5. The van der Waals surface area contributed by atoms with Gasteiger partial charge in [0.05, 0.1) is 41.9 Å². The summed E-state index contributed by atoms with van der Waals surface area (Å²) in [6.45, 7) is 3.39. The second kappa shape index (κ2) is 12.5. The summed E-state index contributed by atoms with van der Waals surface area (Å²) in [4.78, 5) is 28.7. The van der Waals surface area contributed by atoms with Crippen molar-refractivity contribution in [2.75, 3.05) is 16.6 Å². The molecular formula is C33H36Cl2N2O5S. The molecule has 0 aromatic heterocycles. The normalized spacial score (nSPS) is 23.2. The number of benzene rings is 3. The molecule has 1 amide bonds. The van der Waals surface area contributed by atoms with Crippen molar-refractivity contribution in [2.24, 2.45) is 11.3 Å². The lowest BCUT2D eigenvalue weighted by Crippen LogP contribution is -2.59. The minimum absolute atomic E-state index is 0.0595. The van der Waals surface area contributed by atoms with Crippen molar-refractivity contribution in [2.45, 2.75) is 57.5 Å². The van der Waals surface area contributed by atoms with Crippen LogP contribution in [0.1, 0.15) is 62.6 Å². The molecule has 2 fully saturated rings. The number of para-hydroxylation sites is 1. The van der Waals surface area contributed by atoms with Gasteiger partial charge in [0, 0.05) is 16.0 Å². The van der Waals surface area contributed by atoms with Crippen LogP contribution in [-0.2, 0) is 19.6 Å². The summed E-state index contributed by atoms with van der Waals surface area (Å²) in [5.74, 6) is -1.70. The lowest BCUT2D eigenvalue weighted by Gasteiger charge is -2.52. The average molecular weight is 644 g/mol. The van der Waals surface area contributed by atoms with Crippen LogP contribution in [0.3, 0.4) is 0 Å². The van der Waals surface area contributed by atoms with Crippen molar-refractivity contribution in [3.8, 4) is 0 Å². The molecule has 0 spiro atoms. The number of rotatable bonds is 11. The Kier molecular flexibility index (Phi) is 9.12. The lowest BCUT2D eigenvalue weighted by molar-refractivity contribution is -0.160. The number of nitrogens with zero attached hydrogens (tertiary/aromatic N) is 2. The third-order valence-electron chi connectivity index (χ3n) is 8.75. The minimum atomic E-state index is -3.71. The lowest BCUT2D eigenvalue weighted by atomic mass is 9.67. The van der Waals surface area contributed by atoms with Crippen LogP contribution in [0.5, 0.6) is 0 Å². The summed E-state index contributed by atoms with van der Waals surface area (Å²) in [5, 5.41) is 11.0. The predicted molar refractivity (Wildman–Crippen MR) is 170 cm³/mol. The zero-order valence-electron chi connectivity index (χ0n) is 24.2. The van der Waals surface area contributed by atoms with Gasteiger partial charge in [-0.15, -0.1) is 0 Å². The molecular weight excluding hydrogens is 607 g/mol. The highest BCUT2D eigenvalue weighted by Crippen LogP contribution is 2.54. The van der Waals surface area contributed by atoms with E-state index >= 15 is 0 Å². The monoisotopic (exact) mass is 642 g/mol. The number of carbonyl (C=O) groups is 2. The molecule has 1 saturated carbocycles. The summed E-state index contributed by atoms with van der Waals surface area (Å²) in [6.07, 6.45) is 1.62. The van der Waals surface area contributed by atoms with Gasteiger partial charge in [-0.1, -0.05) is 72.6 Å². The fourth-order valence-corrected chi connectivity index (χ4v) is 7.95. The van der Waals surface area contributed by atoms with Gasteiger partial charge in [0.15, 0.2) is 0 Å². The fourth-order valence-electron chi connectivity index (χ4n) is 6.49. The van der Waals surface area contributed by atoms with Gasteiger partial charge in [0.2, 0.25) is 15.9 Å². The van der Waals surface area contributed by atoms with Gasteiger partial charge < -0.3 is 10.0 Å². The van der Waals surface area contributed by atoms with Crippen molar-refractivity contribution in [1.82, 2.24) is 4.90 Å². The molecule has 3 aromatic rings. The molecule has 1 heterocycles. The highest BCUT2D eigenvalue weighted by Gasteiger charge is 2.55. The Morgan fingerprint density at radius 2 is 1.67 bits per heavy atom. The molecule has 4 atom stereocenters. The number of piperidine rings is 1. The van der Waals surface area contributed by atoms with Crippen molar-refractivity contribution < 1.29 is 23.1 Å². The summed E-state index contributed by atoms with van der Waals surface area (Å²) in [7, 11) is -3.71. The van der Waals surface area contributed by atoms with E-state index in [-0.39, 0.29) is 42.9 Å². The van der Waals surface area contributed by atoms with Crippen LogP contribution >= 0.6 is 23.2 Å². The number of amides is 1. The molecule has 1 saturated heterocycles. The van der Waals surface area contributed by atoms with Crippen LogP contribution in [0.15, 0.2) is 78.9 Å². The Morgan fingerprint density at radius 3 is 2.26 bits per heavy atom. The molecule has 0 radical (unpaired) electrons. The second-order valence-electron chi connectivity index (χ2n) is 11.9. The maximum absolute atomic E-state index is 14.7. The van der Waals surface area contributed by atoms with E-state index < -0.39 is 33.5 Å². The van der Waals surface area contributed by atoms with E-state index in [1.165, 1.54) is 4.31 Å².